The summed E-state index contributed by atoms with van der Waals surface area (Å²) in [6.45, 7) is -0.0763. The molecule has 1 aromatic rings. The number of piperidine rings is 1. The van der Waals surface area contributed by atoms with Crippen molar-refractivity contribution >= 4 is 10.2 Å². The van der Waals surface area contributed by atoms with Crippen molar-refractivity contribution in [3.8, 4) is 5.75 Å². The van der Waals surface area contributed by atoms with Gasteiger partial charge < -0.3 is 4.74 Å². The van der Waals surface area contributed by atoms with Crippen molar-refractivity contribution in [1.29, 1.82) is 0 Å². The number of benzene rings is 1. The molecule has 0 unspecified atom stereocenters. The zero-order chi connectivity index (χ0) is 26.6. The molecule has 2 aliphatic carbocycles. The van der Waals surface area contributed by atoms with Crippen LogP contribution in [0.15, 0.2) is 18.2 Å². The molecule has 0 aromatic heterocycles. The maximum atomic E-state index is 13.0. The fourth-order valence-corrected chi connectivity index (χ4v) is 8.39. The highest BCUT2D eigenvalue weighted by Crippen LogP contribution is 2.50. The van der Waals surface area contributed by atoms with Gasteiger partial charge in [-0.3, -0.25) is 4.90 Å². The first-order valence-corrected chi connectivity index (χ1v) is 14.1. The Morgan fingerprint density at radius 1 is 0.973 bits per heavy atom. The number of rotatable bonds is 5. The van der Waals surface area contributed by atoms with Crippen LogP contribution in [0.3, 0.4) is 0 Å². The molecule has 1 saturated carbocycles. The third kappa shape index (κ3) is 5.60. The summed E-state index contributed by atoms with van der Waals surface area (Å²) in [6.07, 6.45) is -5.99. The van der Waals surface area contributed by atoms with Gasteiger partial charge in [-0.15, -0.1) is 0 Å². The van der Waals surface area contributed by atoms with Crippen LogP contribution < -0.4 is 9.46 Å². The van der Waals surface area contributed by atoms with Gasteiger partial charge in [-0.25, -0.2) is 0 Å². The minimum absolute atomic E-state index is 0.0941. The summed E-state index contributed by atoms with van der Waals surface area (Å²) in [5.74, 6) is -0.839. The molecule has 1 N–H and O–H groups in total. The number of nitrogens with zero attached hydrogens (tertiary/aromatic N) is 2. The Hall–Kier alpha value is -1.57. The highest BCUT2D eigenvalue weighted by molar-refractivity contribution is 7.87. The van der Waals surface area contributed by atoms with E-state index in [1.54, 1.807) is 0 Å². The van der Waals surface area contributed by atoms with Crippen LogP contribution in [-0.2, 0) is 23.1 Å². The van der Waals surface area contributed by atoms with Crippen LogP contribution in [-0.4, -0.2) is 74.8 Å². The van der Waals surface area contributed by atoms with E-state index in [4.69, 9.17) is 4.74 Å². The SMILES string of the molecule is O=S1(=O)N[C@@]2(CN1CC(F)(F)F)[C@@H]1CC[C@H]2Cc2ccc(OCCN3CCC(C(F)(F)F)CC3)cc2C1. The topological polar surface area (TPSA) is 61.9 Å². The molecule has 13 heteroatoms. The van der Waals surface area contributed by atoms with Crippen LogP contribution in [0.4, 0.5) is 26.3 Å². The lowest BCUT2D eigenvalue weighted by Gasteiger charge is -2.33. The zero-order valence-electron chi connectivity index (χ0n) is 20.2. The van der Waals surface area contributed by atoms with Crippen LogP contribution in [0.2, 0.25) is 0 Å². The molecule has 0 amide bonds. The number of hydrogen-bond donors (Lipinski definition) is 1. The molecule has 1 aromatic carbocycles. The van der Waals surface area contributed by atoms with Crippen molar-refractivity contribution in [3.63, 3.8) is 0 Å². The molecule has 208 valence electrons. The van der Waals surface area contributed by atoms with Crippen LogP contribution >= 0.6 is 0 Å². The van der Waals surface area contributed by atoms with Crippen LogP contribution in [0, 0.1) is 17.8 Å². The van der Waals surface area contributed by atoms with Gasteiger partial charge in [0.15, 0.2) is 0 Å². The highest BCUT2D eigenvalue weighted by Gasteiger charge is 2.60. The summed E-state index contributed by atoms with van der Waals surface area (Å²) in [5.41, 5.74) is 1.12. The summed E-state index contributed by atoms with van der Waals surface area (Å²) >= 11 is 0. The summed E-state index contributed by atoms with van der Waals surface area (Å²) in [4.78, 5) is 1.97. The largest absolute Gasteiger partial charge is 0.492 e. The molecule has 6 nitrogen and oxygen atoms in total. The first kappa shape index (κ1) is 27.0. The lowest BCUT2D eigenvalue weighted by atomic mass is 9.79. The Morgan fingerprint density at radius 2 is 1.62 bits per heavy atom. The number of nitrogens with one attached hydrogen (secondary N) is 1. The number of alkyl halides is 6. The Kier molecular flexibility index (Phi) is 6.98. The number of hydrogen-bond acceptors (Lipinski definition) is 4. The van der Waals surface area contributed by atoms with Gasteiger partial charge in [-0.1, -0.05) is 6.07 Å². The van der Waals surface area contributed by atoms with Crippen LogP contribution in [0.25, 0.3) is 0 Å². The van der Waals surface area contributed by atoms with Gasteiger partial charge in [0.05, 0.1) is 11.5 Å². The van der Waals surface area contributed by atoms with E-state index in [1.165, 1.54) is 0 Å². The first-order valence-electron chi connectivity index (χ1n) is 12.6. The first-order chi connectivity index (χ1) is 17.3. The lowest BCUT2D eigenvalue weighted by Crippen LogP contribution is -2.52. The van der Waals surface area contributed by atoms with E-state index in [0.29, 0.717) is 49.1 Å². The van der Waals surface area contributed by atoms with Crippen molar-refractivity contribution in [2.24, 2.45) is 17.8 Å². The van der Waals surface area contributed by atoms with E-state index in [0.717, 1.165) is 24.0 Å². The quantitative estimate of drug-likeness (QED) is 0.560. The Bertz CT molecular complexity index is 1100. The summed E-state index contributed by atoms with van der Waals surface area (Å²) < 4.78 is 112. The number of ether oxygens (including phenoxy) is 1. The highest BCUT2D eigenvalue weighted by atomic mass is 32.2. The zero-order valence-corrected chi connectivity index (χ0v) is 21.1. The summed E-state index contributed by atoms with van der Waals surface area (Å²) in [5, 5.41) is 0. The second kappa shape index (κ2) is 9.56. The average Bonchev–Trinajstić information content (AvgIpc) is 3.17. The molecule has 2 saturated heterocycles. The van der Waals surface area contributed by atoms with E-state index in [2.05, 4.69) is 4.72 Å². The third-order valence-corrected chi connectivity index (χ3v) is 10.2. The van der Waals surface area contributed by atoms with Gasteiger partial charge in [-0.05, 0) is 86.7 Å². The molecule has 3 atom stereocenters. The van der Waals surface area contributed by atoms with Crippen molar-refractivity contribution in [3.05, 3.63) is 29.3 Å². The minimum atomic E-state index is -4.62. The molecule has 2 bridgehead atoms. The van der Waals surface area contributed by atoms with Crippen LogP contribution in [0.1, 0.15) is 36.8 Å². The number of fused-ring (bicyclic) bond motifs is 1. The fraction of sp³-hybridized carbons (Fsp3) is 0.750. The normalized spacial score (nSPS) is 31.0. The third-order valence-electron chi connectivity index (χ3n) is 8.61. The predicted molar refractivity (Wildman–Crippen MR) is 123 cm³/mol. The average molecular weight is 556 g/mol. The van der Waals surface area contributed by atoms with Gasteiger partial charge >= 0.3 is 12.4 Å². The molecule has 0 radical (unpaired) electrons. The van der Waals surface area contributed by atoms with E-state index in [9.17, 15) is 34.8 Å². The summed E-state index contributed by atoms with van der Waals surface area (Å²) in [7, 11) is -4.23. The molecule has 3 fully saturated rings. The molecule has 1 spiro atoms. The van der Waals surface area contributed by atoms with Crippen molar-refractivity contribution in [1.82, 2.24) is 13.9 Å². The molecular formula is C24H31F6N3O3S. The van der Waals surface area contributed by atoms with Crippen molar-refractivity contribution in [2.75, 3.05) is 39.3 Å². The van der Waals surface area contributed by atoms with Gasteiger partial charge in [0.2, 0.25) is 0 Å². The second-order valence-corrected chi connectivity index (χ2v) is 12.5. The van der Waals surface area contributed by atoms with Gasteiger partial charge in [0.1, 0.15) is 18.9 Å². The number of likely N-dealkylation sites (tertiary alicyclic amines) is 1. The number of halogens is 6. The van der Waals surface area contributed by atoms with Gasteiger partial charge in [-0.2, -0.15) is 43.8 Å². The standard InChI is InChI=1S/C24H31F6N3O3S/c25-23(26,27)15-33-14-22(31-37(33,34)35)19-2-3-20(22)12-17-13-21(4-1-16(17)11-19)36-10-9-32-7-5-18(6-8-32)24(28,29)30/h1,4,13,18-20,31H,2-3,5-12,14-15H2/t19-,20+,22+/m0/s1. The lowest BCUT2D eigenvalue weighted by molar-refractivity contribution is -0.185. The predicted octanol–water partition coefficient (Wildman–Crippen LogP) is 3.92. The van der Waals surface area contributed by atoms with Gasteiger partial charge in [0, 0.05) is 13.1 Å². The van der Waals surface area contributed by atoms with Crippen molar-refractivity contribution in [2.45, 2.75) is 56.4 Å². The summed E-state index contributed by atoms with van der Waals surface area (Å²) in [6, 6.07) is 5.68. The molecule has 37 heavy (non-hydrogen) atoms. The van der Waals surface area contributed by atoms with E-state index < -0.39 is 40.6 Å². The molecule has 4 aliphatic rings. The Balaban J connectivity index is 1.22. The Labute approximate surface area is 212 Å². The van der Waals surface area contributed by atoms with E-state index in [1.807, 2.05) is 23.1 Å². The monoisotopic (exact) mass is 555 g/mol. The molecule has 5 rings (SSSR count). The maximum Gasteiger partial charge on any atom is 0.402 e. The molecule has 2 heterocycles. The second-order valence-electron chi connectivity index (χ2n) is 10.8. The fourth-order valence-electron chi connectivity index (χ4n) is 6.69. The maximum absolute atomic E-state index is 13.0. The Morgan fingerprint density at radius 3 is 2.24 bits per heavy atom. The van der Waals surface area contributed by atoms with Crippen LogP contribution in [0.5, 0.6) is 5.75 Å². The van der Waals surface area contributed by atoms with E-state index in [-0.39, 0.29) is 31.2 Å². The molecule has 2 aliphatic heterocycles. The van der Waals surface area contributed by atoms with E-state index >= 15 is 0 Å². The minimum Gasteiger partial charge on any atom is -0.492 e. The van der Waals surface area contributed by atoms with Gasteiger partial charge in [0.25, 0.3) is 10.2 Å². The molecular weight excluding hydrogens is 524 g/mol. The van der Waals surface area contributed by atoms with Crippen molar-refractivity contribution < 1.29 is 39.5 Å². The smallest absolute Gasteiger partial charge is 0.402 e.